The van der Waals surface area contributed by atoms with E-state index in [4.69, 9.17) is 5.41 Å². The second kappa shape index (κ2) is 5.36. The summed E-state index contributed by atoms with van der Waals surface area (Å²) in [5.41, 5.74) is 3.39. The third-order valence-electron chi connectivity index (χ3n) is 4.42. The van der Waals surface area contributed by atoms with Crippen LogP contribution in [0.25, 0.3) is 11.1 Å². The van der Waals surface area contributed by atoms with Crippen molar-refractivity contribution in [1.29, 1.82) is 5.41 Å². The van der Waals surface area contributed by atoms with Crippen LogP contribution in [-0.2, 0) is 10.2 Å². The van der Waals surface area contributed by atoms with Crippen molar-refractivity contribution in [3.8, 4) is 11.1 Å². The van der Waals surface area contributed by atoms with Crippen LogP contribution in [0.4, 0.5) is 0 Å². The summed E-state index contributed by atoms with van der Waals surface area (Å²) in [6, 6.07) is 10.6. The summed E-state index contributed by atoms with van der Waals surface area (Å²) in [5.74, 6) is 0.438. The van der Waals surface area contributed by atoms with E-state index in [2.05, 4.69) is 49.6 Å². The molecule has 1 aliphatic heterocycles. The van der Waals surface area contributed by atoms with E-state index < -0.39 is 0 Å². The molecule has 1 atom stereocenters. The first-order chi connectivity index (χ1) is 10.4. The third-order valence-corrected chi connectivity index (χ3v) is 5.66. The second-order valence-corrected chi connectivity index (χ2v) is 7.29. The number of amides is 1. The molecule has 1 N–H and O–H groups in total. The summed E-state index contributed by atoms with van der Waals surface area (Å²) in [7, 11) is 1.69. The van der Waals surface area contributed by atoms with Crippen LogP contribution in [-0.4, -0.2) is 23.7 Å². The normalized spacial score (nSPS) is 22.2. The Morgan fingerprint density at radius 1 is 1.23 bits per heavy atom. The van der Waals surface area contributed by atoms with Crippen molar-refractivity contribution in [3.63, 3.8) is 0 Å². The number of rotatable bonds is 2. The predicted octanol–water partition coefficient (Wildman–Crippen LogP) is 4.21. The molecule has 114 valence electrons. The zero-order valence-electron chi connectivity index (χ0n) is 13.1. The fourth-order valence-electron chi connectivity index (χ4n) is 2.96. The molecule has 1 saturated heterocycles. The van der Waals surface area contributed by atoms with Gasteiger partial charge in [0.25, 0.3) is 0 Å². The average Bonchev–Trinajstić information content (AvgIpc) is 2.95. The lowest BCUT2D eigenvalue weighted by atomic mass is 9.78. The standard InChI is InChI=1S/C18H20N2OS/c1-12-5-4-6-13(7-12)14-8-15(22-11-14)18(2)9-16(19)20(3)17(21)10-18/h4-8,11,19H,9-10H2,1-3H3/t18-/m0/s1. The first-order valence-corrected chi connectivity index (χ1v) is 8.27. The number of likely N-dealkylation sites (tertiary alicyclic amines) is 1. The largest absolute Gasteiger partial charge is 0.304 e. The summed E-state index contributed by atoms with van der Waals surface area (Å²) in [6.07, 6.45) is 1.09. The van der Waals surface area contributed by atoms with Crippen LogP contribution in [0, 0.1) is 12.3 Å². The Kier molecular flexibility index (Phi) is 3.65. The van der Waals surface area contributed by atoms with E-state index in [0.717, 1.165) is 0 Å². The van der Waals surface area contributed by atoms with Crippen molar-refractivity contribution in [3.05, 3.63) is 46.2 Å². The monoisotopic (exact) mass is 312 g/mol. The fraction of sp³-hybridized carbons (Fsp3) is 0.333. The quantitative estimate of drug-likeness (QED) is 0.887. The minimum absolute atomic E-state index is 0.0317. The van der Waals surface area contributed by atoms with Crippen molar-refractivity contribution in [2.24, 2.45) is 0 Å². The molecule has 3 nitrogen and oxygen atoms in total. The van der Waals surface area contributed by atoms with Crippen molar-refractivity contribution >= 4 is 23.1 Å². The summed E-state index contributed by atoms with van der Waals surface area (Å²) in [4.78, 5) is 14.8. The molecular weight excluding hydrogens is 292 g/mol. The highest BCUT2D eigenvalue weighted by Gasteiger charge is 2.39. The number of aryl methyl sites for hydroxylation is 1. The summed E-state index contributed by atoms with van der Waals surface area (Å²) in [6.45, 7) is 4.19. The Balaban J connectivity index is 1.93. The van der Waals surface area contributed by atoms with E-state index in [-0.39, 0.29) is 11.3 Å². The lowest BCUT2D eigenvalue weighted by Gasteiger charge is -2.36. The Hall–Kier alpha value is -1.94. The molecule has 0 radical (unpaired) electrons. The Morgan fingerprint density at radius 3 is 2.68 bits per heavy atom. The van der Waals surface area contributed by atoms with Crippen molar-refractivity contribution in [1.82, 2.24) is 4.90 Å². The van der Waals surface area contributed by atoms with Crippen LogP contribution in [0.15, 0.2) is 35.7 Å². The van der Waals surface area contributed by atoms with Gasteiger partial charge < -0.3 is 4.90 Å². The Morgan fingerprint density at radius 2 is 2.00 bits per heavy atom. The first-order valence-electron chi connectivity index (χ1n) is 7.39. The van der Waals surface area contributed by atoms with Gasteiger partial charge in [0.15, 0.2) is 0 Å². The second-order valence-electron chi connectivity index (χ2n) is 6.38. The topological polar surface area (TPSA) is 44.2 Å². The Bertz CT molecular complexity index is 729. The summed E-state index contributed by atoms with van der Waals surface area (Å²) in [5, 5.41) is 10.2. The number of nitrogens with zero attached hydrogens (tertiary/aromatic N) is 1. The molecule has 0 aliphatic carbocycles. The van der Waals surface area contributed by atoms with E-state index in [9.17, 15) is 4.79 Å². The van der Waals surface area contributed by atoms with Crippen LogP contribution >= 0.6 is 11.3 Å². The molecule has 1 amide bonds. The van der Waals surface area contributed by atoms with E-state index in [1.54, 1.807) is 18.4 Å². The number of carbonyl (C=O) groups excluding carboxylic acids is 1. The van der Waals surface area contributed by atoms with Crippen LogP contribution in [0.5, 0.6) is 0 Å². The molecule has 0 saturated carbocycles. The number of piperidine rings is 1. The number of hydrogen-bond acceptors (Lipinski definition) is 3. The highest BCUT2D eigenvalue weighted by Crippen LogP contribution is 2.41. The van der Waals surface area contributed by atoms with Gasteiger partial charge in [-0.25, -0.2) is 0 Å². The van der Waals surface area contributed by atoms with Crippen LogP contribution < -0.4 is 0 Å². The van der Waals surface area contributed by atoms with Gasteiger partial charge in [0.2, 0.25) is 5.91 Å². The van der Waals surface area contributed by atoms with Crippen molar-refractivity contribution in [2.45, 2.75) is 32.1 Å². The number of nitrogens with one attached hydrogen (secondary N) is 1. The number of hydrogen-bond donors (Lipinski definition) is 1. The Labute approximate surface area is 135 Å². The van der Waals surface area contributed by atoms with E-state index in [0.29, 0.717) is 18.7 Å². The molecule has 2 heterocycles. The lowest BCUT2D eigenvalue weighted by molar-refractivity contribution is -0.128. The summed E-state index contributed by atoms with van der Waals surface area (Å²) < 4.78 is 0. The van der Waals surface area contributed by atoms with E-state index >= 15 is 0 Å². The van der Waals surface area contributed by atoms with Gasteiger partial charge in [-0.2, -0.15) is 0 Å². The lowest BCUT2D eigenvalue weighted by Crippen LogP contribution is -2.46. The molecule has 4 heteroatoms. The summed E-state index contributed by atoms with van der Waals surface area (Å²) >= 11 is 1.69. The van der Waals surface area contributed by atoms with E-state index in [1.807, 2.05) is 0 Å². The number of thiophene rings is 1. The first kappa shape index (κ1) is 15.0. The van der Waals surface area contributed by atoms with Crippen LogP contribution in [0.3, 0.4) is 0 Å². The van der Waals surface area contributed by atoms with Crippen LogP contribution in [0.2, 0.25) is 0 Å². The van der Waals surface area contributed by atoms with Gasteiger partial charge in [0.1, 0.15) is 5.84 Å². The van der Waals surface area contributed by atoms with Gasteiger partial charge in [-0.15, -0.1) is 11.3 Å². The highest BCUT2D eigenvalue weighted by molar-refractivity contribution is 7.10. The van der Waals surface area contributed by atoms with Gasteiger partial charge in [-0.3, -0.25) is 10.2 Å². The molecule has 1 aliphatic rings. The van der Waals surface area contributed by atoms with Crippen LogP contribution in [0.1, 0.15) is 30.2 Å². The maximum Gasteiger partial charge on any atom is 0.228 e. The maximum atomic E-state index is 12.1. The van der Waals surface area contributed by atoms with Crippen molar-refractivity contribution < 1.29 is 4.79 Å². The molecule has 3 rings (SSSR count). The molecular formula is C18H20N2OS. The van der Waals surface area contributed by atoms with Gasteiger partial charge in [-0.1, -0.05) is 36.8 Å². The molecule has 0 unspecified atom stereocenters. The van der Waals surface area contributed by atoms with E-state index in [1.165, 1.54) is 26.5 Å². The minimum atomic E-state index is -0.257. The minimum Gasteiger partial charge on any atom is -0.304 e. The van der Waals surface area contributed by atoms with Crippen molar-refractivity contribution in [2.75, 3.05) is 7.05 Å². The zero-order valence-corrected chi connectivity index (χ0v) is 14.0. The third kappa shape index (κ3) is 2.59. The number of benzene rings is 1. The smallest absolute Gasteiger partial charge is 0.228 e. The van der Waals surface area contributed by atoms with Gasteiger partial charge >= 0.3 is 0 Å². The van der Waals surface area contributed by atoms with Gasteiger partial charge in [-0.05, 0) is 29.5 Å². The molecule has 22 heavy (non-hydrogen) atoms. The molecule has 1 aromatic heterocycles. The SMILES string of the molecule is Cc1cccc(-c2csc([C@@]3(C)CC(=N)N(C)C(=O)C3)c2)c1. The molecule has 2 aromatic rings. The fourth-order valence-corrected chi connectivity index (χ4v) is 4.04. The number of amidine groups is 1. The zero-order chi connectivity index (χ0) is 15.9. The van der Waals surface area contributed by atoms with Gasteiger partial charge in [0, 0.05) is 30.2 Å². The highest BCUT2D eigenvalue weighted by atomic mass is 32.1. The molecule has 1 aromatic carbocycles. The van der Waals surface area contributed by atoms with Gasteiger partial charge in [0.05, 0.1) is 0 Å². The molecule has 0 spiro atoms. The molecule has 1 fully saturated rings. The number of carbonyl (C=O) groups is 1. The maximum absolute atomic E-state index is 12.1. The predicted molar refractivity (Wildman–Crippen MR) is 91.6 cm³/mol. The molecule has 0 bridgehead atoms. The average molecular weight is 312 g/mol.